The molecular formula is C17H27N3O2. The first-order valence-electron chi connectivity index (χ1n) is 8.17. The van der Waals surface area contributed by atoms with Crippen molar-refractivity contribution in [3.05, 3.63) is 24.3 Å². The predicted octanol–water partition coefficient (Wildman–Crippen LogP) is 3.03. The average Bonchev–Trinajstić information content (AvgIpc) is 2.56. The second kappa shape index (κ2) is 8.03. The van der Waals surface area contributed by atoms with Crippen molar-refractivity contribution in [3.63, 3.8) is 0 Å². The Hall–Kier alpha value is -1.75. The molecule has 0 spiro atoms. The number of urea groups is 1. The van der Waals surface area contributed by atoms with Crippen molar-refractivity contribution < 1.29 is 9.53 Å². The number of carbonyl (C=O) groups is 1. The van der Waals surface area contributed by atoms with E-state index < -0.39 is 0 Å². The maximum atomic E-state index is 12.4. The normalized spacial score (nSPS) is 17.1. The first kappa shape index (κ1) is 16.6. The van der Waals surface area contributed by atoms with E-state index in [4.69, 9.17) is 4.74 Å². The van der Waals surface area contributed by atoms with Gasteiger partial charge in [-0.25, -0.2) is 4.79 Å². The Kier molecular flexibility index (Phi) is 6.07. The monoisotopic (exact) mass is 305 g/mol. The Morgan fingerprint density at radius 2 is 1.91 bits per heavy atom. The summed E-state index contributed by atoms with van der Waals surface area (Å²) in [6, 6.07) is 8.10. The Morgan fingerprint density at radius 3 is 2.55 bits per heavy atom. The zero-order valence-corrected chi connectivity index (χ0v) is 13.8. The van der Waals surface area contributed by atoms with Crippen LogP contribution in [0, 0.1) is 0 Å². The van der Waals surface area contributed by atoms with Crippen LogP contribution in [0.25, 0.3) is 0 Å². The zero-order valence-electron chi connectivity index (χ0n) is 13.8. The quantitative estimate of drug-likeness (QED) is 0.909. The Labute approximate surface area is 133 Å². The van der Waals surface area contributed by atoms with E-state index >= 15 is 0 Å². The summed E-state index contributed by atoms with van der Waals surface area (Å²) in [5, 5.41) is 2.97. The third-order valence-corrected chi connectivity index (χ3v) is 4.24. The summed E-state index contributed by atoms with van der Waals surface area (Å²) in [5.41, 5.74) is 0.735. The Balaban J connectivity index is 1.91. The smallest absolute Gasteiger partial charge is 0.322 e. The maximum absolute atomic E-state index is 12.4. The number of rotatable bonds is 5. The number of hydrogen-bond donors (Lipinski definition) is 1. The van der Waals surface area contributed by atoms with E-state index in [1.807, 2.05) is 36.1 Å². The molecule has 0 aliphatic carbocycles. The lowest BCUT2D eigenvalue weighted by Gasteiger charge is -2.37. The van der Waals surface area contributed by atoms with Crippen LogP contribution in [-0.4, -0.2) is 54.7 Å². The Morgan fingerprint density at radius 1 is 1.23 bits per heavy atom. The van der Waals surface area contributed by atoms with Crippen LogP contribution in [0.15, 0.2) is 24.3 Å². The van der Waals surface area contributed by atoms with Gasteiger partial charge in [-0.2, -0.15) is 0 Å². The number of piperazine rings is 1. The number of amides is 2. The number of nitrogens with one attached hydrogen (secondary N) is 1. The minimum absolute atomic E-state index is 0.0454. The number of benzene rings is 1. The van der Waals surface area contributed by atoms with Gasteiger partial charge in [0, 0.05) is 32.2 Å². The molecule has 0 saturated carbocycles. The van der Waals surface area contributed by atoms with Crippen LogP contribution < -0.4 is 10.1 Å². The number of ether oxygens (including phenoxy) is 1. The number of carbonyl (C=O) groups excluding carboxylic acids is 1. The van der Waals surface area contributed by atoms with Gasteiger partial charge in [0.15, 0.2) is 0 Å². The summed E-state index contributed by atoms with van der Waals surface area (Å²) >= 11 is 0. The zero-order chi connectivity index (χ0) is 15.9. The largest absolute Gasteiger partial charge is 0.492 e. The van der Waals surface area contributed by atoms with Gasteiger partial charge >= 0.3 is 6.03 Å². The summed E-state index contributed by atoms with van der Waals surface area (Å²) in [6.07, 6.45) is 1.15. The highest BCUT2D eigenvalue weighted by atomic mass is 16.5. The lowest BCUT2D eigenvalue weighted by atomic mass is 10.2. The van der Waals surface area contributed by atoms with Crippen LogP contribution in [-0.2, 0) is 0 Å². The van der Waals surface area contributed by atoms with Crippen LogP contribution in [0.3, 0.4) is 0 Å². The fourth-order valence-electron chi connectivity index (χ4n) is 2.67. The van der Waals surface area contributed by atoms with Crippen molar-refractivity contribution >= 4 is 11.7 Å². The van der Waals surface area contributed by atoms with E-state index in [2.05, 4.69) is 24.1 Å². The maximum Gasteiger partial charge on any atom is 0.322 e. The fourth-order valence-corrected chi connectivity index (χ4v) is 2.67. The van der Waals surface area contributed by atoms with Crippen LogP contribution in [0.5, 0.6) is 5.75 Å². The van der Waals surface area contributed by atoms with Gasteiger partial charge in [-0.15, -0.1) is 0 Å². The third-order valence-electron chi connectivity index (χ3n) is 4.24. The molecule has 1 atom stereocenters. The lowest BCUT2D eigenvalue weighted by Crippen LogP contribution is -2.52. The van der Waals surface area contributed by atoms with Gasteiger partial charge in [0.2, 0.25) is 0 Å². The molecule has 1 aromatic rings. The molecule has 0 radical (unpaired) electrons. The molecule has 1 saturated heterocycles. The van der Waals surface area contributed by atoms with E-state index in [1.54, 1.807) is 0 Å². The van der Waals surface area contributed by atoms with Gasteiger partial charge in [-0.05, 0) is 32.4 Å². The molecule has 0 aromatic heterocycles. The van der Waals surface area contributed by atoms with Gasteiger partial charge in [-0.1, -0.05) is 19.1 Å². The standard InChI is InChI=1S/C17H27N3O2/c1-4-14(3)19-10-12-20(13-11-19)17(21)18-15-8-6-7-9-16(15)22-5-2/h6-9,14H,4-5,10-13H2,1-3H3,(H,18,21). The van der Waals surface area contributed by atoms with Gasteiger partial charge in [0.05, 0.1) is 12.3 Å². The topological polar surface area (TPSA) is 44.8 Å². The molecule has 2 amide bonds. The van der Waals surface area contributed by atoms with E-state index in [9.17, 15) is 4.79 Å². The van der Waals surface area contributed by atoms with Crippen LogP contribution in [0.4, 0.5) is 10.5 Å². The molecule has 22 heavy (non-hydrogen) atoms. The van der Waals surface area contributed by atoms with Crippen molar-refractivity contribution in [3.8, 4) is 5.75 Å². The molecule has 1 heterocycles. The molecule has 5 nitrogen and oxygen atoms in total. The summed E-state index contributed by atoms with van der Waals surface area (Å²) in [5.74, 6) is 0.719. The van der Waals surface area contributed by atoms with E-state index in [-0.39, 0.29) is 6.03 Å². The predicted molar refractivity (Wildman–Crippen MR) is 89.5 cm³/mol. The van der Waals surface area contributed by atoms with Gasteiger partial charge in [0.25, 0.3) is 0 Å². The summed E-state index contributed by atoms with van der Waals surface area (Å²) in [7, 11) is 0. The van der Waals surface area contributed by atoms with Gasteiger partial charge < -0.3 is 15.0 Å². The average molecular weight is 305 g/mol. The van der Waals surface area contributed by atoms with Crippen molar-refractivity contribution in [2.24, 2.45) is 0 Å². The van der Waals surface area contributed by atoms with Crippen molar-refractivity contribution in [1.29, 1.82) is 0 Å². The molecule has 5 heteroatoms. The van der Waals surface area contributed by atoms with Crippen molar-refractivity contribution in [2.45, 2.75) is 33.2 Å². The molecule has 122 valence electrons. The molecule has 1 N–H and O–H groups in total. The molecule has 1 unspecified atom stereocenters. The number of anilines is 1. The lowest BCUT2D eigenvalue weighted by molar-refractivity contribution is 0.117. The minimum Gasteiger partial charge on any atom is -0.492 e. The highest BCUT2D eigenvalue weighted by Gasteiger charge is 2.23. The van der Waals surface area contributed by atoms with Gasteiger partial charge in [0.1, 0.15) is 5.75 Å². The fraction of sp³-hybridized carbons (Fsp3) is 0.588. The number of hydrogen-bond acceptors (Lipinski definition) is 3. The SMILES string of the molecule is CCOc1ccccc1NC(=O)N1CCN(C(C)CC)CC1. The van der Waals surface area contributed by atoms with Crippen LogP contribution in [0.2, 0.25) is 0 Å². The van der Waals surface area contributed by atoms with E-state index in [0.717, 1.165) is 44.0 Å². The summed E-state index contributed by atoms with van der Waals surface area (Å²) in [6.45, 7) is 10.4. The van der Waals surface area contributed by atoms with Gasteiger partial charge in [-0.3, -0.25) is 4.90 Å². The first-order valence-corrected chi connectivity index (χ1v) is 8.17. The van der Waals surface area contributed by atoms with Crippen molar-refractivity contribution in [1.82, 2.24) is 9.80 Å². The number of nitrogens with zero attached hydrogens (tertiary/aromatic N) is 2. The molecule has 1 fully saturated rings. The molecule has 1 aromatic carbocycles. The number of para-hydroxylation sites is 2. The van der Waals surface area contributed by atoms with E-state index in [0.29, 0.717) is 12.6 Å². The summed E-state index contributed by atoms with van der Waals surface area (Å²) < 4.78 is 5.55. The molecule has 2 rings (SSSR count). The second-order valence-electron chi connectivity index (χ2n) is 5.64. The third kappa shape index (κ3) is 4.13. The van der Waals surface area contributed by atoms with Crippen molar-refractivity contribution in [2.75, 3.05) is 38.1 Å². The minimum atomic E-state index is -0.0454. The van der Waals surface area contributed by atoms with E-state index in [1.165, 1.54) is 0 Å². The highest BCUT2D eigenvalue weighted by Crippen LogP contribution is 2.24. The molecular weight excluding hydrogens is 278 g/mol. The Bertz CT molecular complexity index is 485. The highest BCUT2D eigenvalue weighted by molar-refractivity contribution is 5.91. The molecule has 0 bridgehead atoms. The summed E-state index contributed by atoms with van der Waals surface area (Å²) in [4.78, 5) is 16.7. The second-order valence-corrected chi connectivity index (χ2v) is 5.64. The van der Waals surface area contributed by atoms with Crippen LogP contribution >= 0.6 is 0 Å². The molecule has 1 aliphatic rings. The molecule has 1 aliphatic heterocycles. The first-order chi connectivity index (χ1) is 10.7. The van der Waals surface area contributed by atoms with Crippen LogP contribution in [0.1, 0.15) is 27.2 Å².